The van der Waals surface area contributed by atoms with Crippen molar-refractivity contribution >= 4 is 27.6 Å². The zero-order chi connectivity index (χ0) is 22.3. The predicted molar refractivity (Wildman–Crippen MR) is 121 cm³/mol. The molecule has 0 unspecified atom stereocenters. The van der Waals surface area contributed by atoms with Crippen molar-refractivity contribution in [3.63, 3.8) is 0 Å². The molecule has 2 aromatic carbocycles. The van der Waals surface area contributed by atoms with Crippen LogP contribution in [0.1, 0.15) is 36.8 Å². The number of hydrogen-bond acceptors (Lipinski definition) is 4. The molecule has 8 heteroatoms. The summed E-state index contributed by atoms with van der Waals surface area (Å²) in [5.41, 5.74) is 2.97. The van der Waals surface area contributed by atoms with Crippen LogP contribution in [-0.4, -0.2) is 55.2 Å². The van der Waals surface area contributed by atoms with Gasteiger partial charge in [0.25, 0.3) is 5.91 Å². The van der Waals surface area contributed by atoms with Gasteiger partial charge in [-0.05, 0) is 73.9 Å². The number of carbonyl (C=O) groups is 2. The Bertz CT molecular complexity index is 1140. The Morgan fingerprint density at radius 3 is 2.25 bits per heavy atom. The van der Waals surface area contributed by atoms with Crippen molar-refractivity contribution in [2.24, 2.45) is 0 Å². The van der Waals surface area contributed by atoms with E-state index in [0.717, 1.165) is 31.2 Å². The van der Waals surface area contributed by atoms with Gasteiger partial charge in [-0.2, -0.15) is 4.31 Å². The van der Waals surface area contributed by atoms with Gasteiger partial charge in [-0.25, -0.2) is 18.1 Å². The average Bonchev–Trinajstić information content (AvgIpc) is 3.13. The monoisotopic (exact) mass is 453 g/mol. The van der Waals surface area contributed by atoms with Gasteiger partial charge in [0.05, 0.1) is 10.6 Å². The van der Waals surface area contributed by atoms with Crippen molar-refractivity contribution < 1.29 is 18.0 Å². The first-order valence-corrected chi connectivity index (χ1v) is 12.7. The van der Waals surface area contributed by atoms with Crippen LogP contribution in [-0.2, 0) is 27.7 Å². The first-order chi connectivity index (χ1) is 15.4. The number of para-hydroxylation sites is 1. The molecule has 2 saturated heterocycles. The predicted octanol–water partition coefficient (Wildman–Crippen LogP) is 3.19. The lowest BCUT2D eigenvalue weighted by atomic mass is 9.92. The van der Waals surface area contributed by atoms with Crippen molar-refractivity contribution in [3.05, 3.63) is 59.7 Å². The first kappa shape index (κ1) is 21.2. The number of anilines is 1. The summed E-state index contributed by atoms with van der Waals surface area (Å²) in [6.45, 7) is 0.719. The number of benzene rings is 2. The number of rotatable bonds is 4. The Balaban J connectivity index is 1.27. The molecule has 5 rings (SSSR count). The minimum absolute atomic E-state index is 0.0377. The van der Waals surface area contributed by atoms with Crippen LogP contribution >= 0.6 is 0 Å². The molecular weight excluding hydrogens is 426 g/mol. The molecule has 0 N–H and O–H groups in total. The number of nitrogens with zero attached hydrogens (tertiary/aromatic N) is 3. The van der Waals surface area contributed by atoms with Gasteiger partial charge >= 0.3 is 6.03 Å². The lowest BCUT2D eigenvalue weighted by Crippen LogP contribution is -2.48. The van der Waals surface area contributed by atoms with Gasteiger partial charge in [0.1, 0.15) is 6.54 Å². The third-order valence-electron chi connectivity index (χ3n) is 6.83. The largest absolute Gasteiger partial charge is 0.332 e. The fourth-order valence-corrected chi connectivity index (χ4v) is 6.57. The van der Waals surface area contributed by atoms with Crippen molar-refractivity contribution in [2.75, 3.05) is 24.5 Å². The molecule has 32 heavy (non-hydrogen) atoms. The smallest absolute Gasteiger partial charge is 0.312 e. The van der Waals surface area contributed by atoms with E-state index in [-0.39, 0.29) is 24.5 Å². The maximum atomic E-state index is 13.2. The third-order valence-corrected chi connectivity index (χ3v) is 8.72. The van der Waals surface area contributed by atoms with Crippen LogP contribution in [0.4, 0.5) is 10.5 Å². The Hall–Kier alpha value is -2.71. The highest BCUT2D eigenvalue weighted by molar-refractivity contribution is 7.89. The van der Waals surface area contributed by atoms with Crippen LogP contribution in [0.3, 0.4) is 0 Å². The molecule has 2 aromatic rings. The molecule has 0 aromatic heterocycles. The summed E-state index contributed by atoms with van der Waals surface area (Å²) in [6, 6.07) is 14.0. The first-order valence-electron chi connectivity index (χ1n) is 11.3. The van der Waals surface area contributed by atoms with Gasteiger partial charge in [0, 0.05) is 19.1 Å². The lowest BCUT2D eigenvalue weighted by Gasteiger charge is -2.35. The minimum Gasteiger partial charge on any atom is -0.312 e. The fraction of sp³-hybridized carbons (Fsp3) is 0.417. The molecule has 0 atom stereocenters. The third kappa shape index (κ3) is 3.71. The van der Waals surface area contributed by atoms with Gasteiger partial charge in [-0.1, -0.05) is 24.3 Å². The summed E-state index contributed by atoms with van der Waals surface area (Å²) in [5, 5.41) is 0. The van der Waals surface area contributed by atoms with E-state index in [2.05, 4.69) is 0 Å². The molecule has 0 bridgehead atoms. The maximum absolute atomic E-state index is 13.2. The summed E-state index contributed by atoms with van der Waals surface area (Å²) in [7, 11) is -3.57. The van der Waals surface area contributed by atoms with Crippen LogP contribution < -0.4 is 4.90 Å². The van der Waals surface area contributed by atoms with Crippen LogP contribution in [0, 0.1) is 0 Å². The summed E-state index contributed by atoms with van der Waals surface area (Å²) < 4.78 is 28.0. The summed E-state index contributed by atoms with van der Waals surface area (Å²) in [5.74, 6) is -0.245. The highest BCUT2D eigenvalue weighted by atomic mass is 32.2. The number of imide groups is 1. The quantitative estimate of drug-likeness (QED) is 0.666. The van der Waals surface area contributed by atoms with Gasteiger partial charge in [-0.3, -0.25) is 4.79 Å². The summed E-state index contributed by atoms with van der Waals surface area (Å²) in [6.07, 6.45) is 5.25. The molecule has 1 aliphatic carbocycles. The molecule has 3 aliphatic rings. The number of piperidine rings is 1. The SMILES string of the molecule is O=C1CN(C2CCN(S(=O)(=O)c3ccc4c(c3)CCCC4)CC2)C(=O)N1c1ccccc1. The summed E-state index contributed by atoms with van der Waals surface area (Å²) in [4.78, 5) is 28.6. The van der Waals surface area contributed by atoms with E-state index in [0.29, 0.717) is 36.5 Å². The van der Waals surface area contributed by atoms with Crippen molar-refractivity contribution in [1.82, 2.24) is 9.21 Å². The van der Waals surface area contributed by atoms with Crippen LogP contribution in [0.25, 0.3) is 0 Å². The van der Waals surface area contributed by atoms with E-state index in [4.69, 9.17) is 0 Å². The van der Waals surface area contributed by atoms with Crippen LogP contribution in [0.15, 0.2) is 53.4 Å². The van der Waals surface area contributed by atoms with E-state index in [1.807, 2.05) is 18.2 Å². The van der Waals surface area contributed by atoms with E-state index < -0.39 is 10.0 Å². The summed E-state index contributed by atoms with van der Waals surface area (Å²) >= 11 is 0. The Morgan fingerprint density at radius 2 is 1.53 bits per heavy atom. The van der Waals surface area contributed by atoms with Crippen LogP contribution in [0.5, 0.6) is 0 Å². The molecule has 2 fully saturated rings. The molecule has 0 saturated carbocycles. The van der Waals surface area contributed by atoms with Gasteiger partial charge in [0.2, 0.25) is 10.0 Å². The Morgan fingerprint density at radius 1 is 0.844 bits per heavy atom. The topological polar surface area (TPSA) is 78.0 Å². The van der Waals surface area contributed by atoms with Crippen LogP contribution in [0.2, 0.25) is 0 Å². The Labute approximate surface area is 188 Å². The molecule has 0 radical (unpaired) electrons. The molecule has 3 amide bonds. The Kier molecular flexibility index (Phi) is 5.51. The maximum Gasteiger partial charge on any atom is 0.332 e. The van der Waals surface area contributed by atoms with Crippen molar-refractivity contribution in [2.45, 2.75) is 49.5 Å². The highest BCUT2D eigenvalue weighted by Gasteiger charge is 2.42. The lowest BCUT2D eigenvalue weighted by molar-refractivity contribution is -0.116. The van der Waals surface area contributed by atoms with E-state index in [1.165, 1.54) is 14.8 Å². The van der Waals surface area contributed by atoms with Crippen molar-refractivity contribution in [1.29, 1.82) is 0 Å². The normalized spacial score (nSPS) is 20.6. The van der Waals surface area contributed by atoms with E-state index in [9.17, 15) is 18.0 Å². The van der Waals surface area contributed by atoms with Gasteiger partial charge < -0.3 is 4.90 Å². The zero-order valence-electron chi connectivity index (χ0n) is 17.9. The van der Waals surface area contributed by atoms with Gasteiger partial charge in [-0.15, -0.1) is 0 Å². The molecule has 0 spiro atoms. The zero-order valence-corrected chi connectivity index (χ0v) is 18.8. The number of carbonyl (C=O) groups excluding carboxylic acids is 2. The number of sulfonamides is 1. The molecule has 2 aliphatic heterocycles. The average molecular weight is 454 g/mol. The number of aryl methyl sites for hydroxylation is 2. The molecule has 168 valence electrons. The number of urea groups is 1. The van der Waals surface area contributed by atoms with E-state index in [1.54, 1.807) is 35.2 Å². The number of fused-ring (bicyclic) bond motifs is 1. The molecular formula is C24H27N3O4S. The van der Waals surface area contributed by atoms with E-state index >= 15 is 0 Å². The molecule has 2 heterocycles. The molecule has 7 nitrogen and oxygen atoms in total. The van der Waals surface area contributed by atoms with Crippen molar-refractivity contribution in [3.8, 4) is 0 Å². The second-order valence-corrected chi connectivity index (χ2v) is 10.7. The highest BCUT2D eigenvalue weighted by Crippen LogP contribution is 2.30. The number of hydrogen-bond donors (Lipinski definition) is 0. The van der Waals surface area contributed by atoms with Gasteiger partial charge in [0.15, 0.2) is 0 Å². The number of amides is 3. The minimum atomic E-state index is -3.57. The fourth-order valence-electron chi connectivity index (χ4n) is 5.05. The standard InChI is InChI=1S/C24H27N3O4S/c28-23-17-26(24(29)27(23)21-8-2-1-3-9-21)20-12-14-25(15-13-20)32(30,31)22-11-10-18-6-4-5-7-19(18)16-22/h1-3,8-11,16,20H,4-7,12-15,17H2. The second-order valence-electron chi connectivity index (χ2n) is 8.75. The second kappa shape index (κ2) is 8.33.